The Morgan fingerprint density at radius 3 is 2.74 bits per heavy atom. The third-order valence-corrected chi connectivity index (χ3v) is 4.78. The van der Waals surface area contributed by atoms with Gasteiger partial charge in [0.2, 0.25) is 5.91 Å². The average Bonchev–Trinajstić information content (AvgIpc) is 3.23. The molecule has 5 nitrogen and oxygen atoms in total. The van der Waals surface area contributed by atoms with Gasteiger partial charge in [-0.1, -0.05) is 18.2 Å². The van der Waals surface area contributed by atoms with Crippen molar-refractivity contribution in [2.24, 2.45) is 0 Å². The first-order valence-electron chi connectivity index (χ1n) is 7.36. The maximum absolute atomic E-state index is 11.1. The molecule has 0 fully saturated rings. The summed E-state index contributed by atoms with van der Waals surface area (Å²) in [5.74, 6) is 0.940. The van der Waals surface area contributed by atoms with Gasteiger partial charge in [0.25, 0.3) is 0 Å². The second-order valence-corrected chi connectivity index (χ2v) is 6.47. The fourth-order valence-corrected chi connectivity index (χ4v) is 3.59. The van der Waals surface area contributed by atoms with E-state index in [1.54, 1.807) is 11.3 Å². The van der Waals surface area contributed by atoms with Crippen molar-refractivity contribution < 1.29 is 4.79 Å². The third-order valence-electron chi connectivity index (χ3n) is 3.84. The van der Waals surface area contributed by atoms with E-state index in [2.05, 4.69) is 44.7 Å². The van der Waals surface area contributed by atoms with Gasteiger partial charge in [-0.15, -0.1) is 11.3 Å². The number of nitrogens with one attached hydrogen (secondary N) is 4. The first kappa shape index (κ1) is 14.0. The van der Waals surface area contributed by atoms with Gasteiger partial charge < -0.3 is 15.7 Å². The molecule has 23 heavy (non-hydrogen) atoms. The van der Waals surface area contributed by atoms with Crippen molar-refractivity contribution in [1.29, 1.82) is 0 Å². The molecule has 0 aliphatic carbocycles. The Morgan fingerprint density at radius 2 is 2.04 bits per heavy atom. The molecule has 0 bridgehead atoms. The number of thiophene rings is 1. The number of hydrogen-bond acceptors (Lipinski definition) is 4. The number of anilines is 2. The Labute approximate surface area is 137 Å². The van der Waals surface area contributed by atoms with Gasteiger partial charge in [-0.3, -0.25) is 4.79 Å². The predicted octanol–water partition coefficient (Wildman–Crippen LogP) is 3.72. The molecule has 0 saturated carbocycles. The number of benzene rings is 1. The van der Waals surface area contributed by atoms with E-state index >= 15 is 0 Å². The van der Waals surface area contributed by atoms with Crippen molar-refractivity contribution in [3.8, 4) is 11.3 Å². The van der Waals surface area contributed by atoms with Crippen LogP contribution < -0.4 is 16.2 Å². The Balaban J connectivity index is 1.62. The van der Waals surface area contributed by atoms with Crippen molar-refractivity contribution in [2.45, 2.75) is 13.0 Å². The Morgan fingerprint density at radius 1 is 1.22 bits per heavy atom. The van der Waals surface area contributed by atoms with Crippen LogP contribution in [0, 0.1) is 0 Å². The zero-order chi connectivity index (χ0) is 15.8. The highest BCUT2D eigenvalue weighted by Gasteiger charge is 2.26. The summed E-state index contributed by atoms with van der Waals surface area (Å²) in [5.41, 5.74) is 10.7. The monoisotopic (exact) mass is 324 g/mol. The number of hydrogen-bond donors (Lipinski definition) is 4. The lowest BCUT2D eigenvalue weighted by Crippen LogP contribution is -2.19. The molecule has 1 aromatic carbocycles. The summed E-state index contributed by atoms with van der Waals surface area (Å²) in [6, 6.07) is 14.4. The number of carbonyl (C=O) groups is 1. The molecule has 1 amide bonds. The number of aromatic amines is 1. The minimum absolute atomic E-state index is 0.0642. The van der Waals surface area contributed by atoms with Crippen LogP contribution in [-0.4, -0.2) is 10.9 Å². The summed E-state index contributed by atoms with van der Waals surface area (Å²) >= 11 is 1.74. The van der Waals surface area contributed by atoms with E-state index in [0.29, 0.717) is 0 Å². The van der Waals surface area contributed by atoms with Crippen LogP contribution >= 0.6 is 11.3 Å². The van der Waals surface area contributed by atoms with Crippen molar-refractivity contribution in [3.05, 3.63) is 58.3 Å². The molecule has 1 unspecified atom stereocenters. The van der Waals surface area contributed by atoms with Crippen molar-refractivity contribution in [2.75, 3.05) is 10.7 Å². The molecule has 3 aromatic rings. The highest BCUT2D eigenvalue weighted by Crippen LogP contribution is 2.37. The van der Waals surface area contributed by atoms with E-state index in [-0.39, 0.29) is 11.9 Å². The standard InChI is InChI=1S/C17H16N4OS/c1-10(22)18-12-6-4-11(5-7-12)14-9-13-16(15-3-2-8-23-15)20-21-17(13)19-14/h2-9,16,19-21H,1H3,(H,18,22). The van der Waals surface area contributed by atoms with Crippen LogP contribution in [0.3, 0.4) is 0 Å². The molecular weight excluding hydrogens is 308 g/mol. The smallest absolute Gasteiger partial charge is 0.221 e. The van der Waals surface area contributed by atoms with Gasteiger partial charge in [-0.25, -0.2) is 5.43 Å². The van der Waals surface area contributed by atoms with Gasteiger partial charge in [0, 0.05) is 28.7 Å². The lowest BCUT2D eigenvalue weighted by Gasteiger charge is -2.08. The Kier molecular flexibility index (Phi) is 3.40. The summed E-state index contributed by atoms with van der Waals surface area (Å²) in [7, 11) is 0. The fourth-order valence-electron chi connectivity index (χ4n) is 2.80. The second-order valence-electron chi connectivity index (χ2n) is 5.49. The minimum Gasteiger partial charge on any atom is -0.340 e. The molecule has 0 saturated heterocycles. The highest BCUT2D eigenvalue weighted by atomic mass is 32.1. The SMILES string of the molecule is CC(=O)Nc1ccc(-c2cc3c([nH]2)NNC3c2cccs2)cc1. The number of hydrazine groups is 1. The zero-order valence-electron chi connectivity index (χ0n) is 12.5. The maximum Gasteiger partial charge on any atom is 0.221 e. The largest absolute Gasteiger partial charge is 0.340 e. The first-order chi connectivity index (χ1) is 11.2. The maximum atomic E-state index is 11.1. The van der Waals surface area contributed by atoms with Crippen LogP contribution in [0.25, 0.3) is 11.3 Å². The van der Waals surface area contributed by atoms with E-state index < -0.39 is 0 Å². The second kappa shape index (κ2) is 5.57. The Bertz CT molecular complexity index is 836. The van der Waals surface area contributed by atoms with E-state index in [1.165, 1.54) is 17.4 Å². The van der Waals surface area contributed by atoms with Crippen molar-refractivity contribution in [3.63, 3.8) is 0 Å². The van der Waals surface area contributed by atoms with Crippen LogP contribution in [0.5, 0.6) is 0 Å². The molecule has 116 valence electrons. The van der Waals surface area contributed by atoms with E-state index in [4.69, 9.17) is 0 Å². The molecule has 6 heteroatoms. The fraction of sp³-hybridized carbons (Fsp3) is 0.118. The molecule has 3 heterocycles. The number of rotatable bonds is 3. The first-order valence-corrected chi connectivity index (χ1v) is 8.24. The molecule has 4 rings (SSSR count). The van der Waals surface area contributed by atoms with Gasteiger partial charge in [-0.05, 0) is 35.2 Å². The summed E-state index contributed by atoms with van der Waals surface area (Å²) in [5, 5.41) is 4.86. The highest BCUT2D eigenvalue weighted by molar-refractivity contribution is 7.10. The van der Waals surface area contributed by atoms with Crippen molar-refractivity contribution in [1.82, 2.24) is 10.4 Å². The zero-order valence-corrected chi connectivity index (χ0v) is 13.3. The van der Waals surface area contributed by atoms with E-state index in [1.807, 2.05) is 24.3 Å². The topological polar surface area (TPSA) is 69.0 Å². The van der Waals surface area contributed by atoms with Crippen LogP contribution in [0.2, 0.25) is 0 Å². The molecule has 0 radical (unpaired) electrons. The van der Waals surface area contributed by atoms with Crippen LogP contribution in [0.4, 0.5) is 11.5 Å². The number of fused-ring (bicyclic) bond motifs is 1. The molecule has 4 N–H and O–H groups in total. The van der Waals surface area contributed by atoms with Crippen LogP contribution in [0.15, 0.2) is 47.8 Å². The number of amides is 1. The molecule has 1 atom stereocenters. The van der Waals surface area contributed by atoms with Gasteiger partial charge in [0.05, 0.1) is 6.04 Å². The molecular formula is C17H16N4OS. The number of H-pyrrole nitrogens is 1. The third kappa shape index (κ3) is 2.62. The van der Waals surface area contributed by atoms with Crippen molar-refractivity contribution >= 4 is 28.7 Å². The van der Waals surface area contributed by atoms with Gasteiger partial charge in [-0.2, -0.15) is 0 Å². The summed E-state index contributed by atoms with van der Waals surface area (Å²) in [6.07, 6.45) is 0. The van der Waals surface area contributed by atoms with E-state index in [9.17, 15) is 4.79 Å². The lowest BCUT2D eigenvalue weighted by molar-refractivity contribution is -0.114. The molecule has 2 aromatic heterocycles. The summed E-state index contributed by atoms with van der Waals surface area (Å²) in [4.78, 5) is 15.8. The summed E-state index contributed by atoms with van der Waals surface area (Å²) < 4.78 is 0. The van der Waals surface area contributed by atoms with Crippen LogP contribution in [0.1, 0.15) is 23.4 Å². The lowest BCUT2D eigenvalue weighted by atomic mass is 10.1. The number of carbonyl (C=O) groups excluding carboxylic acids is 1. The van der Waals surface area contributed by atoms with Gasteiger partial charge >= 0.3 is 0 Å². The summed E-state index contributed by atoms with van der Waals surface area (Å²) in [6.45, 7) is 1.51. The molecule has 0 spiro atoms. The van der Waals surface area contributed by atoms with E-state index in [0.717, 1.165) is 22.8 Å². The molecule has 1 aliphatic heterocycles. The minimum atomic E-state index is -0.0642. The number of aromatic nitrogens is 1. The van der Waals surface area contributed by atoms with Crippen LogP contribution in [-0.2, 0) is 4.79 Å². The normalized spacial score (nSPS) is 16.0. The quantitative estimate of drug-likeness (QED) is 0.593. The van der Waals surface area contributed by atoms with Gasteiger partial charge in [0.15, 0.2) is 0 Å². The average molecular weight is 324 g/mol. The van der Waals surface area contributed by atoms with Gasteiger partial charge in [0.1, 0.15) is 5.82 Å². The predicted molar refractivity (Wildman–Crippen MR) is 93.5 cm³/mol. The molecule has 1 aliphatic rings. The Hall–Kier alpha value is -2.57.